The van der Waals surface area contributed by atoms with E-state index in [4.69, 9.17) is 0 Å². The standard InChI is InChI=1S/C18H26N2/c1-3-15(16-4-2-10-20-18(16)5-1)11-19-12-17(13-6-7-13)14-8-9-14/h1,3,5,13-14,17,19-20H,2,4,6-12H2. The summed E-state index contributed by atoms with van der Waals surface area (Å²) < 4.78 is 0. The minimum absolute atomic E-state index is 0.979. The van der Waals surface area contributed by atoms with Gasteiger partial charge in [-0.25, -0.2) is 0 Å². The normalized spacial score (nSPS) is 21.6. The number of fused-ring (bicyclic) bond motifs is 1. The highest BCUT2D eigenvalue weighted by Crippen LogP contribution is 2.48. The molecule has 1 aromatic carbocycles. The van der Waals surface area contributed by atoms with E-state index in [1.807, 2.05) is 0 Å². The van der Waals surface area contributed by atoms with E-state index in [1.54, 1.807) is 5.56 Å². The van der Waals surface area contributed by atoms with Gasteiger partial charge < -0.3 is 10.6 Å². The van der Waals surface area contributed by atoms with E-state index in [9.17, 15) is 0 Å². The van der Waals surface area contributed by atoms with Crippen LogP contribution in [0, 0.1) is 17.8 Å². The molecule has 0 saturated heterocycles. The van der Waals surface area contributed by atoms with Crippen LogP contribution in [0.25, 0.3) is 0 Å². The van der Waals surface area contributed by atoms with Crippen molar-refractivity contribution in [2.45, 2.75) is 45.1 Å². The third-order valence-corrected chi connectivity index (χ3v) is 5.34. The molecular weight excluding hydrogens is 244 g/mol. The molecule has 0 atom stereocenters. The van der Waals surface area contributed by atoms with Crippen LogP contribution in [0.3, 0.4) is 0 Å². The largest absolute Gasteiger partial charge is 0.385 e. The van der Waals surface area contributed by atoms with Crippen molar-refractivity contribution in [1.29, 1.82) is 0 Å². The maximum absolute atomic E-state index is 3.77. The van der Waals surface area contributed by atoms with Crippen LogP contribution < -0.4 is 10.6 Å². The van der Waals surface area contributed by atoms with Gasteiger partial charge in [-0.15, -0.1) is 0 Å². The van der Waals surface area contributed by atoms with E-state index < -0.39 is 0 Å². The zero-order chi connectivity index (χ0) is 13.4. The molecule has 0 spiro atoms. The molecule has 1 aliphatic heterocycles. The lowest BCUT2D eigenvalue weighted by atomic mass is 9.96. The van der Waals surface area contributed by atoms with E-state index >= 15 is 0 Å². The average molecular weight is 270 g/mol. The molecule has 108 valence electrons. The summed E-state index contributed by atoms with van der Waals surface area (Å²) in [6.07, 6.45) is 8.49. The molecule has 2 saturated carbocycles. The van der Waals surface area contributed by atoms with Gasteiger partial charge in [-0.05, 0) is 80.0 Å². The fraction of sp³-hybridized carbons (Fsp3) is 0.667. The van der Waals surface area contributed by atoms with Crippen LogP contribution in [0.2, 0.25) is 0 Å². The molecule has 3 aliphatic rings. The maximum Gasteiger partial charge on any atom is 0.0375 e. The molecule has 0 amide bonds. The fourth-order valence-electron chi connectivity index (χ4n) is 3.89. The Bertz CT molecular complexity index is 462. The second-order valence-electron chi connectivity index (χ2n) is 6.94. The molecule has 1 aromatic rings. The number of rotatable bonds is 6. The summed E-state index contributed by atoms with van der Waals surface area (Å²) in [6, 6.07) is 6.74. The SMILES string of the molecule is c1cc(CNCC(C2CC2)C2CC2)c2c(c1)NCCC2. The second-order valence-corrected chi connectivity index (χ2v) is 6.94. The third kappa shape index (κ3) is 2.71. The van der Waals surface area contributed by atoms with E-state index in [2.05, 4.69) is 28.8 Å². The lowest BCUT2D eigenvalue weighted by Gasteiger charge is -2.22. The highest BCUT2D eigenvalue weighted by molar-refractivity contribution is 5.56. The molecule has 0 radical (unpaired) electrons. The van der Waals surface area contributed by atoms with Crippen LogP contribution in [0.5, 0.6) is 0 Å². The highest BCUT2D eigenvalue weighted by atomic mass is 14.9. The quantitative estimate of drug-likeness (QED) is 0.826. The number of hydrogen-bond acceptors (Lipinski definition) is 2. The Morgan fingerprint density at radius 3 is 2.70 bits per heavy atom. The Labute approximate surface area is 122 Å². The molecule has 0 bridgehead atoms. The van der Waals surface area contributed by atoms with E-state index in [1.165, 1.54) is 56.3 Å². The van der Waals surface area contributed by atoms with Crippen LogP contribution in [0.15, 0.2) is 18.2 Å². The number of hydrogen-bond donors (Lipinski definition) is 2. The molecule has 4 rings (SSSR count). The highest BCUT2D eigenvalue weighted by Gasteiger charge is 2.40. The van der Waals surface area contributed by atoms with Crippen molar-refractivity contribution in [1.82, 2.24) is 5.32 Å². The van der Waals surface area contributed by atoms with Crippen LogP contribution >= 0.6 is 0 Å². The maximum atomic E-state index is 3.77. The van der Waals surface area contributed by atoms with Gasteiger partial charge in [0, 0.05) is 18.8 Å². The van der Waals surface area contributed by atoms with Gasteiger partial charge in [0.15, 0.2) is 0 Å². The lowest BCUT2D eigenvalue weighted by Crippen LogP contribution is -2.26. The Kier molecular flexibility index (Phi) is 3.43. The van der Waals surface area contributed by atoms with Crippen molar-refractivity contribution in [3.8, 4) is 0 Å². The molecule has 20 heavy (non-hydrogen) atoms. The van der Waals surface area contributed by atoms with Gasteiger partial charge in [0.2, 0.25) is 0 Å². The second kappa shape index (κ2) is 5.40. The fourth-order valence-corrected chi connectivity index (χ4v) is 3.89. The first kappa shape index (κ1) is 12.7. The van der Waals surface area contributed by atoms with Crippen LogP contribution in [-0.4, -0.2) is 13.1 Å². The Morgan fingerprint density at radius 1 is 1.15 bits per heavy atom. The molecular formula is C18H26N2. The van der Waals surface area contributed by atoms with Crippen LogP contribution in [-0.2, 0) is 13.0 Å². The van der Waals surface area contributed by atoms with E-state index in [-0.39, 0.29) is 0 Å². The first-order chi connectivity index (χ1) is 9.92. The molecule has 2 aliphatic carbocycles. The minimum Gasteiger partial charge on any atom is -0.385 e. The lowest BCUT2D eigenvalue weighted by molar-refractivity contribution is 0.378. The summed E-state index contributed by atoms with van der Waals surface area (Å²) in [6.45, 7) is 3.43. The first-order valence-electron chi connectivity index (χ1n) is 8.47. The molecule has 1 heterocycles. The predicted molar refractivity (Wildman–Crippen MR) is 83.9 cm³/mol. The molecule has 2 nitrogen and oxygen atoms in total. The Morgan fingerprint density at radius 2 is 1.95 bits per heavy atom. The van der Waals surface area contributed by atoms with Crippen molar-refractivity contribution in [3.05, 3.63) is 29.3 Å². The van der Waals surface area contributed by atoms with Crippen molar-refractivity contribution in [2.24, 2.45) is 17.8 Å². The molecule has 2 N–H and O–H groups in total. The Balaban J connectivity index is 1.37. The van der Waals surface area contributed by atoms with Crippen molar-refractivity contribution >= 4 is 5.69 Å². The zero-order valence-electron chi connectivity index (χ0n) is 12.3. The summed E-state index contributed by atoms with van der Waals surface area (Å²) in [5.74, 6) is 3.09. The minimum atomic E-state index is 0.979. The van der Waals surface area contributed by atoms with Gasteiger partial charge in [-0.1, -0.05) is 12.1 Å². The topological polar surface area (TPSA) is 24.1 Å². The summed E-state index contributed by atoms with van der Waals surface area (Å²) in [5, 5.41) is 7.30. The third-order valence-electron chi connectivity index (χ3n) is 5.34. The summed E-state index contributed by atoms with van der Waals surface area (Å²) in [5.41, 5.74) is 4.44. The van der Waals surface area contributed by atoms with Gasteiger partial charge in [-0.3, -0.25) is 0 Å². The number of benzene rings is 1. The van der Waals surface area contributed by atoms with Gasteiger partial charge in [0.1, 0.15) is 0 Å². The van der Waals surface area contributed by atoms with E-state index in [0.29, 0.717) is 0 Å². The van der Waals surface area contributed by atoms with Crippen molar-refractivity contribution in [3.63, 3.8) is 0 Å². The van der Waals surface area contributed by atoms with Crippen LogP contribution in [0.1, 0.15) is 43.2 Å². The first-order valence-corrected chi connectivity index (χ1v) is 8.47. The molecule has 0 aromatic heterocycles. The zero-order valence-corrected chi connectivity index (χ0v) is 12.3. The van der Waals surface area contributed by atoms with Gasteiger partial charge in [-0.2, -0.15) is 0 Å². The summed E-state index contributed by atoms with van der Waals surface area (Å²) >= 11 is 0. The van der Waals surface area contributed by atoms with Crippen molar-refractivity contribution < 1.29 is 0 Å². The van der Waals surface area contributed by atoms with Crippen LogP contribution in [0.4, 0.5) is 5.69 Å². The predicted octanol–water partition coefficient (Wildman–Crippen LogP) is 3.57. The van der Waals surface area contributed by atoms with Crippen molar-refractivity contribution in [2.75, 3.05) is 18.4 Å². The molecule has 0 unspecified atom stereocenters. The average Bonchev–Trinajstić information content (AvgIpc) is 3.38. The van der Waals surface area contributed by atoms with Gasteiger partial charge in [0.05, 0.1) is 0 Å². The number of nitrogens with one attached hydrogen (secondary N) is 2. The molecule has 2 fully saturated rings. The molecule has 2 heteroatoms. The van der Waals surface area contributed by atoms with Gasteiger partial charge >= 0.3 is 0 Å². The smallest absolute Gasteiger partial charge is 0.0375 e. The Hall–Kier alpha value is -1.02. The van der Waals surface area contributed by atoms with E-state index in [0.717, 1.165) is 30.8 Å². The monoisotopic (exact) mass is 270 g/mol. The van der Waals surface area contributed by atoms with Gasteiger partial charge in [0.25, 0.3) is 0 Å². The summed E-state index contributed by atoms with van der Waals surface area (Å²) in [4.78, 5) is 0. The number of anilines is 1. The summed E-state index contributed by atoms with van der Waals surface area (Å²) in [7, 11) is 0.